The molecule has 1 fully saturated rings. The van der Waals surface area contributed by atoms with Gasteiger partial charge in [0, 0.05) is 31.6 Å². The Morgan fingerprint density at radius 1 is 1.20 bits per heavy atom. The van der Waals surface area contributed by atoms with Gasteiger partial charge in [-0.15, -0.1) is 0 Å². The van der Waals surface area contributed by atoms with Crippen molar-refractivity contribution in [3.8, 4) is 0 Å². The van der Waals surface area contributed by atoms with Crippen LogP contribution in [0.5, 0.6) is 0 Å². The maximum Gasteiger partial charge on any atom is 0.250 e. The predicted molar refractivity (Wildman–Crippen MR) is 57.7 cm³/mol. The third-order valence-corrected chi connectivity index (χ3v) is 3.02. The van der Waals surface area contributed by atoms with Gasteiger partial charge in [-0.1, -0.05) is 6.07 Å². The van der Waals surface area contributed by atoms with Crippen LogP contribution >= 0.6 is 0 Å². The molecule has 1 saturated carbocycles. The van der Waals surface area contributed by atoms with Crippen molar-refractivity contribution < 1.29 is 4.79 Å². The number of hydrogen-bond donors (Lipinski definition) is 0. The smallest absolute Gasteiger partial charge is 0.250 e. The zero-order valence-corrected chi connectivity index (χ0v) is 8.69. The molecule has 0 amide bonds. The van der Waals surface area contributed by atoms with E-state index in [0.717, 1.165) is 19.4 Å². The average molecular weight is 205 g/mol. The number of hydrogen-bond acceptors (Lipinski definition) is 2. The minimum absolute atomic E-state index is 0.0504. The van der Waals surface area contributed by atoms with E-state index in [1.54, 1.807) is 16.7 Å². The van der Waals surface area contributed by atoms with Crippen LogP contribution in [0.25, 0.3) is 0 Å². The Labute approximate surface area is 88.7 Å². The van der Waals surface area contributed by atoms with Crippen LogP contribution in [-0.4, -0.2) is 10.4 Å². The van der Waals surface area contributed by atoms with Gasteiger partial charge in [-0.05, 0) is 24.8 Å². The largest absolute Gasteiger partial charge is 0.315 e. The van der Waals surface area contributed by atoms with Crippen molar-refractivity contribution >= 4 is 5.78 Å². The maximum atomic E-state index is 11.5. The fourth-order valence-electron chi connectivity index (χ4n) is 2.07. The lowest BCUT2D eigenvalue weighted by Crippen LogP contribution is -2.25. The molecular formula is C12H15NO2. The van der Waals surface area contributed by atoms with Gasteiger partial charge in [0.2, 0.25) is 0 Å². The number of rotatable bonds is 2. The highest BCUT2D eigenvalue weighted by Crippen LogP contribution is 2.22. The fraction of sp³-hybridized carbons (Fsp3) is 0.500. The van der Waals surface area contributed by atoms with Crippen LogP contribution in [-0.2, 0) is 11.3 Å². The zero-order valence-electron chi connectivity index (χ0n) is 8.69. The molecule has 0 aliphatic heterocycles. The fourth-order valence-corrected chi connectivity index (χ4v) is 2.07. The number of pyridine rings is 1. The Morgan fingerprint density at radius 3 is 2.60 bits per heavy atom. The number of carbonyl (C=O) groups is 1. The van der Waals surface area contributed by atoms with E-state index >= 15 is 0 Å². The van der Waals surface area contributed by atoms with E-state index in [-0.39, 0.29) is 5.56 Å². The van der Waals surface area contributed by atoms with E-state index in [1.807, 2.05) is 12.3 Å². The lowest BCUT2D eigenvalue weighted by atomic mass is 9.88. The molecule has 1 aliphatic rings. The van der Waals surface area contributed by atoms with Gasteiger partial charge >= 0.3 is 0 Å². The number of carbonyl (C=O) groups excluding carboxylic acids is 1. The van der Waals surface area contributed by atoms with Crippen molar-refractivity contribution in [3.63, 3.8) is 0 Å². The van der Waals surface area contributed by atoms with Gasteiger partial charge in [0.05, 0.1) is 0 Å². The van der Waals surface area contributed by atoms with Crippen LogP contribution in [0.4, 0.5) is 0 Å². The normalized spacial score (nSPS) is 18.0. The van der Waals surface area contributed by atoms with Crippen molar-refractivity contribution in [2.45, 2.75) is 32.2 Å². The Kier molecular flexibility index (Phi) is 2.99. The van der Waals surface area contributed by atoms with E-state index in [2.05, 4.69) is 0 Å². The summed E-state index contributed by atoms with van der Waals surface area (Å²) < 4.78 is 1.74. The minimum Gasteiger partial charge on any atom is -0.315 e. The first-order valence-corrected chi connectivity index (χ1v) is 5.43. The molecule has 0 radical (unpaired) electrons. The van der Waals surface area contributed by atoms with Gasteiger partial charge < -0.3 is 4.57 Å². The quantitative estimate of drug-likeness (QED) is 0.735. The molecule has 0 N–H and O–H groups in total. The van der Waals surface area contributed by atoms with Crippen LogP contribution in [0.2, 0.25) is 0 Å². The van der Waals surface area contributed by atoms with Gasteiger partial charge in [0.15, 0.2) is 0 Å². The lowest BCUT2D eigenvalue weighted by molar-refractivity contribution is -0.121. The highest BCUT2D eigenvalue weighted by molar-refractivity contribution is 5.78. The number of nitrogens with zero attached hydrogens (tertiary/aromatic N) is 1. The van der Waals surface area contributed by atoms with Gasteiger partial charge in [-0.2, -0.15) is 0 Å². The Hall–Kier alpha value is -1.38. The van der Waals surface area contributed by atoms with Gasteiger partial charge in [-0.3, -0.25) is 9.59 Å². The second kappa shape index (κ2) is 4.43. The first-order chi connectivity index (χ1) is 7.25. The van der Waals surface area contributed by atoms with Crippen LogP contribution in [0, 0.1) is 5.92 Å². The summed E-state index contributed by atoms with van der Waals surface area (Å²) >= 11 is 0. The Balaban J connectivity index is 2.01. The van der Waals surface area contributed by atoms with E-state index in [9.17, 15) is 9.59 Å². The zero-order chi connectivity index (χ0) is 10.7. The van der Waals surface area contributed by atoms with Crippen LogP contribution < -0.4 is 5.56 Å². The van der Waals surface area contributed by atoms with Crippen molar-refractivity contribution in [3.05, 3.63) is 34.7 Å². The summed E-state index contributed by atoms with van der Waals surface area (Å²) in [6.07, 6.45) is 5.05. The highest BCUT2D eigenvalue weighted by atomic mass is 16.1. The third-order valence-electron chi connectivity index (χ3n) is 3.02. The van der Waals surface area contributed by atoms with Crippen molar-refractivity contribution in [2.24, 2.45) is 5.92 Å². The molecule has 0 aromatic carbocycles. The molecule has 0 spiro atoms. The van der Waals surface area contributed by atoms with Gasteiger partial charge in [-0.25, -0.2) is 0 Å². The molecule has 0 saturated heterocycles. The van der Waals surface area contributed by atoms with Crippen LogP contribution in [0.15, 0.2) is 29.2 Å². The van der Waals surface area contributed by atoms with Crippen LogP contribution in [0.3, 0.4) is 0 Å². The topological polar surface area (TPSA) is 39.1 Å². The summed E-state index contributed by atoms with van der Waals surface area (Å²) in [5, 5.41) is 0. The summed E-state index contributed by atoms with van der Waals surface area (Å²) in [5.41, 5.74) is 0.0504. The molecule has 0 unspecified atom stereocenters. The van der Waals surface area contributed by atoms with Crippen LogP contribution in [0.1, 0.15) is 25.7 Å². The first-order valence-electron chi connectivity index (χ1n) is 5.43. The molecule has 0 bridgehead atoms. The molecule has 1 aromatic rings. The van der Waals surface area contributed by atoms with E-state index in [1.165, 1.54) is 0 Å². The van der Waals surface area contributed by atoms with E-state index < -0.39 is 0 Å². The van der Waals surface area contributed by atoms with E-state index in [0.29, 0.717) is 24.5 Å². The summed E-state index contributed by atoms with van der Waals surface area (Å²) in [6, 6.07) is 5.20. The molecule has 2 rings (SSSR count). The van der Waals surface area contributed by atoms with Gasteiger partial charge in [0.1, 0.15) is 5.78 Å². The second-order valence-corrected chi connectivity index (χ2v) is 4.17. The number of Topliss-reactive ketones (excluding diaryl/α,β-unsaturated/α-hetero) is 1. The minimum atomic E-state index is 0.0504. The molecular weight excluding hydrogens is 190 g/mol. The molecule has 1 aromatic heterocycles. The predicted octanol–water partition coefficient (Wildman–Crippen LogP) is 1.61. The number of aromatic nitrogens is 1. The average Bonchev–Trinajstić information content (AvgIpc) is 2.25. The van der Waals surface area contributed by atoms with E-state index in [4.69, 9.17) is 0 Å². The monoisotopic (exact) mass is 205 g/mol. The highest BCUT2D eigenvalue weighted by Gasteiger charge is 2.18. The molecule has 1 aliphatic carbocycles. The first kappa shape index (κ1) is 10.1. The van der Waals surface area contributed by atoms with Crippen molar-refractivity contribution in [2.75, 3.05) is 0 Å². The molecule has 3 heteroatoms. The molecule has 15 heavy (non-hydrogen) atoms. The molecule has 3 nitrogen and oxygen atoms in total. The van der Waals surface area contributed by atoms with Crippen molar-refractivity contribution in [1.82, 2.24) is 4.57 Å². The second-order valence-electron chi connectivity index (χ2n) is 4.17. The third kappa shape index (κ3) is 2.55. The Morgan fingerprint density at radius 2 is 1.93 bits per heavy atom. The SMILES string of the molecule is O=C1CCC(Cn2ccccc2=O)CC1. The lowest BCUT2D eigenvalue weighted by Gasteiger charge is -2.21. The molecule has 0 atom stereocenters. The summed E-state index contributed by atoms with van der Waals surface area (Å²) in [5.74, 6) is 0.856. The summed E-state index contributed by atoms with van der Waals surface area (Å²) in [7, 11) is 0. The number of ketones is 1. The van der Waals surface area contributed by atoms with Crippen molar-refractivity contribution in [1.29, 1.82) is 0 Å². The Bertz CT molecular complexity index is 398. The maximum absolute atomic E-state index is 11.5. The summed E-state index contributed by atoms with van der Waals surface area (Å²) in [4.78, 5) is 22.5. The summed E-state index contributed by atoms with van der Waals surface area (Å²) in [6.45, 7) is 0.757. The molecule has 80 valence electrons. The standard InChI is InChI=1S/C12H15NO2/c14-11-6-4-10(5-7-11)9-13-8-2-1-3-12(13)15/h1-3,8,10H,4-7,9H2. The molecule has 1 heterocycles. The van der Waals surface area contributed by atoms with Gasteiger partial charge in [0.25, 0.3) is 5.56 Å².